The van der Waals surface area contributed by atoms with E-state index >= 15 is 0 Å². The van der Waals surface area contributed by atoms with Crippen LogP contribution in [0.25, 0.3) is 0 Å². The van der Waals surface area contributed by atoms with E-state index in [0.29, 0.717) is 6.04 Å². The normalized spacial score (nSPS) is 23.2. The van der Waals surface area contributed by atoms with Crippen LogP contribution in [0.5, 0.6) is 0 Å². The van der Waals surface area contributed by atoms with Gasteiger partial charge in [0.05, 0.1) is 0 Å². The summed E-state index contributed by atoms with van der Waals surface area (Å²) in [6, 6.07) is 1.46. The van der Waals surface area contributed by atoms with E-state index in [1.807, 2.05) is 0 Å². The van der Waals surface area contributed by atoms with Gasteiger partial charge < -0.3 is 5.73 Å². The zero-order chi connectivity index (χ0) is 12.0. The van der Waals surface area contributed by atoms with Crippen molar-refractivity contribution in [1.29, 1.82) is 0 Å². The molecule has 1 aliphatic heterocycles. The van der Waals surface area contributed by atoms with Crippen molar-refractivity contribution in [3.05, 3.63) is 0 Å². The third kappa shape index (κ3) is 3.72. The lowest BCUT2D eigenvalue weighted by Gasteiger charge is -2.41. The molecule has 0 bridgehead atoms. The zero-order valence-corrected chi connectivity index (χ0v) is 11.3. The van der Waals surface area contributed by atoms with Gasteiger partial charge in [0, 0.05) is 38.3 Å². The van der Waals surface area contributed by atoms with Crippen LogP contribution in [0.3, 0.4) is 0 Å². The maximum atomic E-state index is 5.67. The highest BCUT2D eigenvalue weighted by atomic mass is 15.3. The summed E-state index contributed by atoms with van der Waals surface area (Å²) in [5.41, 5.74) is 5.67. The van der Waals surface area contributed by atoms with E-state index < -0.39 is 0 Å². The highest BCUT2D eigenvalue weighted by molar-refractivity contribution is 4.80. The fourth-order valence-corrected chi connectivity index (χ4v) is 2.64. The van der Waals surface area contributed by atoms with Gasteiger partial charge in [-0.25, -0.2) is 0 Å². The molecule has 0 aromatic heterocycles. The second-order valence-corrected chi connectivity index (χ2v) is 4.97. The first-order valence-electron chi connectivity index (χ1n) is 6.91. The summed E-state index contributed by atoms with van der Waals surface area (Å²) < 4.78 is 0. The Bertz CT molecular complexity index is 176. The van der Waals surface area contributed by atoms with Gasteiger partial charge in [0.15, 0.2) is 0 Å². The molecule has 2 unspecified atom stereocenters. The Morgan fingerprint density at radius 2 is 1.56 bits per heavy atom. The van der Waals surface area contributed by atoms with Crippen LogP contribution in [-0.4, -0.2) is 54.6 Å². The molecule has 96 valence electrons. The molecular formula is C13H29N3. The highest BCUT2D eigenvalue weighted by Gasteiger charge is 2.23. The summed E-state index contributed by atoms with van der Waals surface area (Å²) in [6.07, 6.45) is 3.65. The van der Waals surface area contributed by atoms with Gasteiger partial charge in [-0.05, 0) is 32.7 Å². The number of hydrogen-bond donors (Lipinski definition) is 1. The van der Waals surface area contributed by atoms with Crippen LogP contribution in [0.4, 0.5) is 0 Å². The summed E-state index contributed by atoms with van der Waals surface area (Å²) in [4.78, 5) is 5.25. The van der Waals surface area contributed by atoms with Gasteiger partial charge in [-0.2, -0.15) is 0 Å². The minimum atomic E-state index is 0.712. The molecule has 0 spiro atoms. The number of rotatable bonds is 6. The molecule has 1 fully saturated rings. The average Bonchev–Trinajstić information content (AvgIpc) is 2.35. The molecule has 2 N–H and O–H groups in total. The predicted octanol–water partition coefficient (Wildman–Crippen LogP) is 1.53. The molecule has 0 saturated carbocycles. The minimum Gasteiger partial charge on any atom is -0.330 e. The largest absolute Gasteiger partial charge is 0.330 e. The quantitative estimate of drug-likeness (QED) is 0.747. The second-order valence-electron chi connectivity index (χ2n) is 4.97. The summed E-state index contributed by atoms with van der Waals surface area (Å²) in [5, 5.41) is 0. The second kappa shape index (κ2) is 7.25. The van der Waals surface area contributed by atoms with Crippen molar-refractivity contribution in [3.8, 4) is 0 Å². The monoisotopic (exact) mass is 227 g/mol. The van der Waals surface area contributed by atoms with Crippen LogP contribution in [0.1, 0.15) is 40.0 Å². The fourth-order valence-electron chi connectivity index (χ4n) is 2.64. The van der Waals surface area contributed by atoms with Gasteiger partial charge >= 0.3 is 0 Å². The van der Waals surface area contributed by atoms with Crippen LogP contribution in [0, 0.1) is 0 Å². The predicted molar refractivity (Wildman–Crippen MR) is 70.6 cm³/mol. The molecule has 0 amide bonds. The standard InChI is InChI=1S/C13H29N3/c1-4-12(3)15-8-10-16(11-9-15)13(5-2)6-7-14/h12-13H,4-11,14H2,1-3H3. The van der Waals surface area contributed by atoms with E-state index in [2.05, 4.69) is 30.6 Å². The van der Waals surface area contributed by atoms with E-state index in [0.717, 1.165) is 19.0 Å². The fraction of sp³-hybridized carbons (Fsp3) is 1.00. The van der Waals surface area contributed by atoms with Gasteiger partial charge in [0.1, 0.15) is 0 Å². The van der Waals surface area contributed by atoms with Crippen molar-refractivity contribution in [2.24, 2.45) is 5.73 Å². The molecule has 0 aromatic rings. The Morgan fingerprint density at radius 3 is 2.00 bits per heavy atom. The first-order valence-corrected chi connectivity index (χ1v) is 6.91. The van der Waals surface area contributed by atoms with Crippen LogP contribution in [0.2, 0.25) is 0 Å². The molecule has 1 saturated heterocycles. The zero-order valence-electron chi connectivity index (χ0n) is 11.3. The first kappa shape index (κ1) is 13.9. The molecule has 1 rings (SSSR count). The Morgan fingerprint density at radius 1 is 1.00 bits per heavy atom. The highest BCUT2D eigenvalue weighted by Crippen LogP contribution is 2.14. The molecular weight excluding hydrogens is 198 g/mol. The maximum absolute atomic E-state index is 5.67. The van der Waals surface area contributed by atoms with Crippen LogP contribution in [-0.2, 0) is 0 Å². The number of hydrogen-bond acceptors (Lipinski definition) is 3. The van der Waals surface area contributed by atoms with E-state index in [1.54, 1.807) is 0 Å². The van der Waals surface area contributed by atoms with E-state index in [-0.39, 0.29) is 0 Å². The summed E-state index contributed by atoms with van der Waals surface area (Å²) in [6.45, 7) is 12.6. The average molecular weight is 227 g/mol. The van der Waals surface area contributed by atoms with Gasteiger partial charge in [-0.3, -0.25) is 9.80 Å². The van der Waals surface area contributed by atoms with Gasteiger partial charge in [-0.1, -0.05) is 13.8 Å². The van der Waals surface area contributed by atoms with Crippen LogP contribution >= 0.6 is 0 Å². The molecule has 1 aliphatic rings. The number of nitrogens with zero attached hydrogens (tertiary/aromatic N) is 2. The van der Waals surface area contributed by atoms with Crippen LogP contribution < -0.4 is 5.73 Å². The van der Waals surface area contributed by atoms with Crippen molar-refractivity contribution in [1.82, 2.24) is 9.80 Å². The van der Waals surface area contributed by atoms with E-state index in [9.17, 15) is 0 Å². The third-order valence-electron chi connectivity index (χ3n) is 4.05. The maximum Gasteiger partial charge on any atom is 0.0113 e. The molecule has 2 atom stereocenters. The topological polar surface area (TPSA) is 32.5 Å². The summed E-state index contributed by atoms with van der Waals surface area (Å²) in [5.74, 6) is 0. The van der Waals surface area contributed by atoms with E-state index in [4.69, 9.17) is 5.73 Å². The van der Waals surface area contributed by atoms with Crippen molar-refractivity contribution in [2.45, 2.75) is 52.1 Å². The summed E-state index contributed by atoms with van der Waals surface area (Å²) >= 11 is 0. The lowest BCUT2D eigenvalue weighted by atomic mass is 10.1. The lowest BCUT2D eigenvalue weighted by Crippen LogP contribution is -2.52. The first-order chi connectivity index (χ1) is 7.72. The number of nitrogens with two attached hydrogens (primary N) is 1. The third-order valence-corrected chi connectivity index (χ3v) is 4.05. The SMILES string of the molecule is CCC(C)N1CCN(C(CC)CCN)CC1. The number of piperazine rings is 1. The summed E-state index contributed by atoms with van der Waals surface area (Å²) in [7, 11) is 0. The lowest BCUT2D eigenvalue weighted by molar-refractivity contribution is 0.0689. The Balaban J connectivity index is 2.35. The van der Waals surface area contributed by atoms with Crippen molar-refractivity contribution < 1.29 is 0 Å². The Kier molecular flexibility index (Phi) is 6.32. The van der Waals surface area contributed by atoms with Crippen molar-refractivity contribution in [3.63, 3.8) is 0 Å². The van der Waals surface area contributed by atoms with Gasteiger partial charge in [0.25, 0.3) is 0 Å². The van der Waals surface area contributed by atoms with Gasteiger partial charge in [-0.15, -0.1) is 0 Å². The molecule has 0 aromatic carbocycles. The molecule has 16 heavy (non-hydrogen) atoms. The molecule has 3 nitrogen and oxygen atoms in total. The molecule has 0 radical (unpaired) electrons. The Labute approximate surface area is 101 Å². The van der Waals surface area contributed by atoms with Crippen molar-refractivity contribution in [2.75, 3.05) is 32.7 Å². The molecule has 0 aliphatic carbocycles. The molecule has 3 heteroatoms. The van der Waals surface area contributed by atoms with Crippen molar-refractivity contribution >= 4 is 0 Å². The van der Waals surface area contributed by atoms with E-state index in [1.165, 1.54) is 39.0 Å². The van der Waals surface area contributed by atoms with Crippen LogP contribution in [0.15, 0.2) is 0 Å². The molecule has 1 heterocycles. The Hall–Kier alpha value is -0.120. The van der Waals surface area contributed by atoms with Gasteiger partial charge in [0.2, 0.25) is 0 Å². The minimum absolute atomic E-state index is 0.712. The smallest absolute Gasteiger partial charge is 0.0113 e.